The molecular weight excluding hydrogens is 290 g/mol. The van der Waals surface area contributed by atoms with E-state index >= 15 is 0 Å². The molecule has 4 nitrogen and oxygen atoms in total. The second kappa shape index (κ2) is 6.14. The van der Waals surface area contributed by atoms with Crippen LogP contribution >= 0.6 is 0 Å². The summed E-state index contributed by atoms with van der Waals surface area (Å²) in [4.78, 5) is 14.7. The second-order valence-corrected chi connectivity index (χ2v) is 5.94. The molecule has 0 aliphatic carbocycles. The minimum atomic E-state index is -0.485. The quantitative estimate of drug-likeness (QED) is 0.813. The molecule has 118 valence electrons. The zero-order valence-corrected chi connectivity index (χ0v) is 12.9. The zero-order valence-electron chi connectivity index (χ0n) is 12.9. The number of rotatable bonds is 1. The number of carbonyl (C=O) groups is 1. The Balaban J connectivity index is 1.70. The van der Waals surface area contributed by atoms with Crippen LogP contribution in [0.2, 0.25) is 0 Å². The lowest BCUT2D eigenvalue weighted by molar-refractivity contribution is -0.159. The molecule has 0 spiro atoms. The number of ether oxygens (including phenoxy) is 2. The van der Waals surface area contributed by atoms with Gasteiger partial charge < -0.3 is 14.4 Å². The van der Waals surface area contributed by atoms with Crippen molar-refractivity contribution in [2.24, 2.45) is 0 Å². The van der Waals surface area contributed by atoms with Gasteiger partial charge >= 0.3 is 0 Å². The van der Waals surface area contributed by atoms with E-state index in [4.69, 9.17) is 9.47 Å². The molecule has 1 fully saturated rings. The molecule has 1 unspecified atom stereocenters. The van der Waals surface area contributed by atoms with E-state index in [0.717, 1.165) is 0 Å². The smallest absolute Gasteiger partial charge is 0.254 e. The van der Waals surface area contributed by atoms with Crippen LogP contribution in [0.25, 0.3) is 11.1 Å². The standard InChI is InChI=1S/C19H19NO3/c21-19(18-13-22-9-10-23-18)20-11-14-5-1-3-7-16(14)17-8-4-2-6-15(17)12-20/h1-8,18H,9-13H2. The van der Waals surface area contributed by atoms with Crippen molar-refractivity contribution in [3.8, 4) is 11.1 Å². The molecule has 1 saturated heterocycles. The van der Waals surface area contributed by atoms with E-state index < -0.39 is 6.10 Å². The van der Waals surface area contributed by atoms with Gasteiger partial charge in [0.25, 0.3) is 5.91 Å². The van der Waals surface area contributed by atoms with Crippen LogP contribution in [-0.4, -0.2) is 36.7 Å². The molecule has 1 amide bonds. The first kappa shape index (κ1) is 14.4. The second-order valence-electron chi connectivity index (χ2n) is 5.94. The fourth-order valence-electron chi connectivity index (χ4n) is 3.30. The molecule has 0 aromatic heterocycles. The number of carbonyl (C=O) groups excluding carboxylic acids is 1. The van der Waals surface area contributed by atoms with Crippen molar-refractivity contribution in [2.45, 2.75) is 19.2 Å². The molecule has 4 rings (SSSR count). The summed E-state index contributed by atoms with van der Waals surface area (Å²) in [5.74, 6) is 0.0104. The lowest BCUT2D eigenvalue weighted by atomic mass is 9.97. The molecule has 0 N–H and O–H groups in total. The molecule has 2 heterocycles. The number of amides is 1. The lowest BCUT2D eigenvalue weighted by Gasteiger charge is -2.29. The monoisotopic (exact) mass is 309 g/mol. The van der Waals surface area contributed by atoms with Crippen LogP contribution in [0, 0.1) is 0 Å². The fraction of sp³-hybridized carbons (Fsp3) is 0.316. The summed E-state index contributed by atoms with van der Waals surface area (Å²) < 4.78 is 11.0. The van der Waals surface area contributed by atoms with Crippen LogP contribution in [0.1, 0.15) is 11.1 Å². The SMILES string of the molecule is O=C(C1COCCO1)N1Cc2ccccc2-c2ccccc2C1. The number of nitrogens with zero attached hydrogens (tertiary/aromatic N) is 1. The topological polar surface area (TPSA) is 38.8 Å². The van der Waals surface area contributed by atoms with E-state index in [1.807, 2.05) is 29.2 Å². The highest BCUT2D eigenvalue weighted by atomic mass is 16.6. The summed E-state index contributed by atoms with van der Waals surface area (Å²) in [7, 11) is 0. The van der Waals surface area contributed by atoms with Gasteiger partial charge in [-0.05, 0) is 22.3 Å². The normalized spacial score (nSPS) is 20.3. The summed E-state index contributed by atoms with van der Waals surface area (Å²) >= 11 is 0. The Labute approximate surface area is 135 Å². The molecule has 23 heavy (non-hydrogen) atoms. The minimum absolute atomic E-state index is 0.0104. The highest BCUT2D eigenvalue weighted by Crippen LogP contribution is 2.32. The first-order valence-electron chi connectivity index (χ1n) is 7.97. The van der Waals surface area contributed by atoms with E-state index in [-0.39, 0.29) is 5.91 Å². The van der Waals surface area contributed by atoms with Crippen molar-refractivity contribution in [2.75, 3.05) is 19.8 Å². The van der Waals surface area contributed by atoms with Crippen molar-refractivity contribution >= 4 is 5.91 Å². The van der Waals surface area contributed by atoms with Gasteiger partial charge in [-0.15, -0.1) is 0 Å². The number of benzene rings is 2. The first-order valence-corrected chi connectivity index (χ1v) is 7.97. The molecule has 2 aliphatic rings. The Bertz CT molecular complexity index is 675. The fourth-order valence-corrected chi connectivity index (χ4v) is 3.30. The minimum Gasteiger partial charge on any atom is -0.376 e. The Morgan fingerprint density at radius 2 is 1.52 bits per heavy atom. The highest BCUT2D eigenvalue weighted by Gasteiger charge is 2.30. The molecule has 0 bridgehead atoms. The molecule has 2 aromatic carbocycles. The van der Waals surface area contributed by atoms with Gasteiger partial charge in [-0.3, -0.25) is 4.79 Å². The van der Waals surface area contributed by atoms with Gasteiger partial charge in [-0.1, -0.05) is 48.5 Å². The van der Waals surface area contributed by atoms with Crippen molar-refractivity contribution in [1.29, 1.82) is 0 Å². The first-order chi connectivity index (χ1) is 11.3. The number of fused-ring (bicyclic) bond motifs is 3. The van der Waals surface area contributed by atoms with Crippen LogP contribution in [0.15, 0.2) is 48.5 Å². The third-order valence-electron chi connectivity index (χ3n) is 4.45. The summed E-state index contributed by atoms with van der Waals surface area (Å²) in [6, 6.07) is 16.6. The molecule has 2 aromatic rings. The van der Waals surface area contributed by atoms with Crippen molar-refractivity contribution in [3.05, 3.63) is 59.7 Å². The van der Waals surface area contributed by atoms with Crippen LogP contribution in [-0.2, 0) is 27.4 Å². The van der Waals surface area contributed by atoms with Crippen LogP contribution in [0.3, 0.4) is 0 Å². The van der Waals surface area contributed by atoms with Gasteiger partial charge in [-0.25, -0.2) is 0 Å². The molecule has 0 saturated carbocycles. The maximum absolute atomic E-state index is 12.8. The molecule has 4 heteroatoms. The van der Waals surface area contributed by atoms with Crippen LogP contribution < -0.4 is 0 Å². The number of hydrogen-bond donors (Lipinski definition) is 0. The molecule has 0 radical (unpaired) electrons. The number of hydrogen-bond acceptors (Lipinski definition) is 3. The molecular formula is C19H19NO3. The van der Waals surface area contributed by atoms with Crippen molar-refractivity contribution < 1.29 is 14.3 Å². The van der Waals surface area contributed by atoms with Crippen molar-refractivity contribution in [1.82, 2.24) is 4.90 Å². The Kier molecular flexibility index (Phi) is 3.85. The average Bonchev–Trinajstić information content (AvgIpc) is 2.79. The van der Waals surface area contributed by atoms with Gasteiger partial charge in [0.1, 0.15) is 0 Å². The summed E-state index contributed by atoms with van der Waals surface area (Å²) in [5, 5.41) is 0. The van der Waals surface area contributed by atoms with Crippen LogP contribution in [0.4, 0.5) is 0 Å². The van der Waals surface area contributed by atoms with Gasteiger partial charge in [0.05, 0.1) is 19.8 Å². The van der Waals surface area contributed by atoms with E-state index in [2.05, 4.69) is 24.3 Å². The predicted molar refractivity (Wildman–Crippen MR) is 86.7 cm³/mol. The Morgan fingerprint density at radius 1 is 0.913 bits per heavy atom. The summed E-state index contributed by atoms with van der Waals surface area (Å²) in [5.41, 5.74) is 4.75. The molecule has 1 atom stereocenters. The van der Waals surface area contributed by atoms with Crippen LogP contribution in [0.5, 0.6) is 0 Å². The maximum atomic E-state index is 12.8. The van der Waals surface area contributed by atoms with E-state index in [1.165, 1.54) is 22.3 Å². The molecule has 2 aliphatic heterocycles. The zero-order chi connectivity index (χ0) is 15.6. The Morgan fingerprint density at radius 3 is 2.09 bits per heavy atom. The van der Waals surface area contributed by atoms with Gasteiger partial charge in [0.15, 0.2) is 6.10 Å². The largest absolute Gasteiger partial charge is 0.376 e. The summed E-state index contributed by atoms with van der Waals surface area (Å²) in [6.07, 6.45) is -0.485. The van der Waals surface area contributed by atoms with E-state index in [0.29, 0.717) is 32.9 Å². The maximum Gasteiger partial charge on any atom is 0.254 e. The highest BCUT2D eigenvalue weighted by molar-refractivity contribution is 5.83. The summed E-state index contributed by atoms with van der Waals surface area (Å²) in [6.45, 7) is 2.60. The van der Waals surface area contributed by atoms with Crippen molar-refractivity contribution in [3.63, 3.8) is 0 Å². The van der Waals surface area contributed by atoms with E-state index in [9.17, 15) is 4.79 Å². The van der Waals surface area contributed by atoms with Gasteiger partial charge in [-0.2, -0.15) is 0 Å². The van der Waals surface area contributed by atoms with E-state index in [1.54, 1.807) is 0 Å². The third kappa shape index (κ3) is 2.76. The Hall–Kier alpha value is -2.17. The predicted octanol–water partition coefficient (Wildman–Crippen LogP) is 2.61. The lowest BCUT2D eigenvalue weighted by Crippen LogP contribution is -2.44. The van der Waals surface area contributed by atoms with Gasteiger partial charge in [0.2, 0.25) is 0 Å². The average molecular weight is 309 g/mol. The van der Waals surface area contributed by atoms with Gasteiger partial charge in [0, 0.05) is 13.1 Å². The third-order valence-corrected chi connectivity index (χ3v) is 4.45.